The van der Waals surface area contributed by atoms with Crippen molar-refractivity contribution in [1.82, 2.24) is 9.97 Å². The maximum Gasteiger partial charge on any atom is 1.00 e. The number of ether oxygens (including phenoxy) is 1. The molecule has 1 aromatic heterocycles. The Morgan fingerprint density at radius 2 is 2.33 bits per heavy atom. The van der Waals surface area contributed by atoms with E-state index in [4.69, 9.17) is 4.74 Å². The molecule has 0 aliphatic carbocycles. The molecule has 15 heavy (non-hydrogen) atoms. The average molecular weight is 218 g/mol. The van der Waals surface area contributed by atoms with Gasteiger partial charge in [-0.05, 0) is 6.42 Å². The largest absolute Gasteiger partial charge is 1.00 e. The van der Waals surface area contributed by atoms with Crippen LogP contribution >= 0.6 is 0 Å². The van der Waals surface area contributed by atoms with E-state index in [0.717, 1.165) is 6.42 Å². The predicted octanol–water partition coefficient (Wildman–Crippen LogP) is -3.44. The first-order chi connectivity index (χ1) is 6.72. The summed E-state index contributed by atoms with van der Waals surface area (Å²) in [6.07, 6.45) is 2.05. The van der Waals surface area contributed by atoms with E-state index in [2.05, 4.69) is 9.97 Å². The van der Waals surface area contributed by atoms with Crippen molar-refractivity contribution in [1.29, 1.82) is 0 Å². The number of nitrogens with zero attached hydrogens (tertiary/aromatic N) is 2. The van der Waals surface area contributed by atoms with Crippen molar-refractivity contribution < 1.29 is 44.2 Å². The Hall–Kier alpha value is -0.650. The van der Waals surface area contributed by atoms with E-state index < -0.39 is 5.97 Å². The first-order valence-electron chi connectivity index (χ1n) is 4.37. The fourth-order valence-electron chi connectivity index (χ4n) is 0.882. The van der Waals surface area contributed by atoms with E-state index >= 15 is 0 Å². The zero-order chi connectivity index (χ0) is 10.4. The minimum atomic E-state index is -1.20. The minimum Gasteiger partial charge on any atom is -0.550 e. The molecule has 0 spiro atoms. The second-order valence-electron chi connectivity index (χ2n) is 2.71. The van der Waals surface area contributed by atoms with Gasteiger partial charge in [-0.2, -0.15) is 4.98 Å². The Labute approximate surface area is 110 Å². The Morgan fingerprint density at radius 3 is 2.93 bits per heavy atom. The summed E-state index contributed by atoms with van der Waals surface area (Å²) in [5.74, 6) is -0.589. The second kappa shape index (κ2) is 7.62. The van der Waals surface area contributed by atoms with Crippen LogP contribution in [0.4, 0.5) is 0 Å². The summed E-state index contributed by atoms with van der Waals surface area (Å²) in [6.45, 7) is 2.53. The van der Waals surface area contributed by atoms with Crippen LogP contribution in [0.3, 0.4) is 0 Å². The Bertz CT molecular complexity index is 320. The standard InChI is InChI=1S/C9H12N2O3.Na/c1-2-5-14-8-3-4-10-7(11-8)6-9(12)13;/h3-4H,2,5-6H2,1H3,(H,12,13);/q;+1/p-1. The zero-order valence-corrected chi connectivity index (χ0v) is 10.9. The Balaban J connectivity index is 0.00000196. The normalized spacial score (nSPS) is 9.13. The van der Waals surface area contributed by atoms with Crippen molar-refractivity contribution in [2.75, 3.05) is 6.61 Å². The topological polar surface area (TPSA) is 75.1 Å². The van der Waals surface area contributed by atoms with Crippen LogP contribution in [0.25, 0.3) is 0 Å². The van der Waals surface area contributed by atoms with Gasteiger partial charge in [-0.25, -0.2) is 4.98 Å². The first kappa shape index (κ1) is 14.3. The molecule has 0 aliphatic heterocycles. The monoisotopic (exact) mass is 218 g/mol. The van der Waals surface area contributed by atoms with E-state index in [1.165, 1.54) is 6.20 Å². The van der Waals surface area contributed by atoms with E-state index in [9.17, 15) is 9.90 Å². The molecule has 0 saturated carbocycles. The number of carboxylic acids is 1. The molecule has 0 N–H and O–H groups in total. The van der Waals surface area contributed by atoms with E-state index in [0.29, 0.717) is 12.5 Å². The van der Waals surface area contributed by atoms with Crippen LogP contribution in [0.15, 0.2) is 12.3 Å². The summed E-state index contributed by atoms with van der Waals surface area (Å²) in [6, 6.07) is 1.59. The summed E-state index contributed by atoms with van der Waals surface area (Å²) in [7, 11) is 0. The molecular formula is C9H11N2NaO3. The molecule has 6 heteroatoms. The number of carbonyl (C=O) groups is 1. The fourth-order valence-corrected chi connectivity index (χ4v) is 0.882. The van der Waals surface area contributed by atoms with Gasteiger partial charge in [-0.1, -0.05) is 6.92 Å². The van der Waals surface area contributed by atoms with Gasteiger partial charge in [0.15, 0.2) is 0 Å². The molecule has 0 unspecified atom stereocenters. The molecule has 1 aromatic rings. The van der Waals surface area contributed by atoms with Gasteiger partial charge in [0.25, 0.3) is 0 Å². The molecule has 0 aliphatic rings. The molecule has 0 aromatic carbocycles. The average Bonchev–Trinajstić information content (AvgIpc) is 2.14. The molecule has 0 fully saturated rings. The predicted molar refractivity (Wildman–Crippen MR) is 46.5 cm³/mol. The van der Waals surface area contributed by atoms with Crippen LogP contribution in [-0.2, 0) is 11.2 Å². The van der Waals surface area contributed by atoms with Crippen molar-refractivity contribution in [3.05, 3.63) is 18.1 Å². The molecule has 0 bridgehead atoms. The number of carbonyl (C=O) groups excluding carboxylic acids is 1. The summed E-state index contributed by atoms with van der Waals surface area (Å²) in [5.41, 5.74) is 0. The van der Waals surface area contributed by atoms with Crippen LogP contribution in [0.2, 0.25) is 0 Å². The quantitative estimate of drug-likeness (QED) is 0.481. The number of hydrogen-bond acceptors (Lipinski definition) is 5. The van der Waals surface area contributed by atoms with Gasteiger partial charge in [0.1, 0.15) is 5.82 Å². The van der Waals surface area contributed by atoms with Crippen molar-refractivity contribution in [3.8, 4) is 5.88 Å². The van der Waals surface area contributed by atoms with Gasteiger partial charge < -0.3 is 14.6 Å². The summed E-state index contributed by atoms with van der Waals surface area (Å²) in [5, 5.41) is 10.3. The smallest absolute Gasteiger partial charge is 0.550 e. The summed E-state index contributed by atoms with van der Waals surface area (Å²) < 4.78 is 5.21. The molecule has 0 atom stereocenters. The third-order valence-electron chi connectivity index (χ3n) is 1.44. The van der Waals surface area contributed by atoms with Gasteiger partial charge in [0.2, 0.25) is 5.88 Å². The molecular weight excluding hydrogens is 207 g/mol. The van der Waals surface area contributed by atoms with Crippen LogP contribution in [0, 0.1) is 0 Å². The van der Waals surface area contributed by atoms with Crippen LogP contribution in [-0.4, -0.2) is 22.5 Å². The number of aromatic nitrogens is 2. The molecule has 0 amide bonds. The Morgan fingerprint density at radius 1 is 1.60 bits per heavy atom. The van der Waals surface area contributed by atoms with Gasteiger partial charge >= 0.3 is 29.6 Å². The Kier molecular flexibility index (Phi) is 7.29. The van der Waals surface area contributed by atoms with Crippen LogP contribution in [0.5, 0.6) is 5.88 Å². The number of rotatable bonds is 5. The van der Waals surface area contributed by atoms with Gasteiger partial charge in [-0.15, -0.1) is 0 Å². The number of carboxylic acid groups (broad SMARTS) is 1. The minimum absolute atomic E-state index is 0. The van der Waals surface area contributed by atoms with Crippen LogP contribution < -0.4 is 39.4 Å². The molecule has 1 heterocycles. The molecule has 0 saturated heterocycles. The van der Waals surface area contributed by atoms with E-state index in [1.807, 2.05) is 6.92 Å². The maximum absolute atomic E-state index is 10.3. The van der Waals surface area contributed by atoms with Gasteiger partial charge in [0, 0.05) is 24.7 Å². The van der Waals surface area contributed by atoms with Gasteiger partial charge in [-0.3, -0.25) is 0 Å². The third-order valence-corrected chi connectivity index (χ3v) is 1.44. The maximum atomic E-state index is 10.3. The zero-order valence-electron chi connectivity index (χ0n) is 8.90. The SMILES string of the molecule is CCCOc1ccnc(CC(=O)[O-])n1.[Na+]. The summed E-state index contributed by atoms with van der Waals surface area (Å²) in [4.78, 5) is 17.9. The van der Waals surface area contributed by atoms with E-state index in [-0.39, 0.29) is 41.8 Å². The fraction of sp³-hybridized carbons (Fsp3) is 0.444. The number of hydrogen-bond donors (Lipinski definition) is 0. The summed E-state index contributed by atoms with van der Waals surface area (Å²) >= 11 is 0. The molecule has 1 rings (SSSR count). The van der Waals surface area contributed by atoms with Crippen LogP contribution in [0.1, 0.15) is 19.2 Å². The van der Waals surface area contributed by atoms with E-state index in [1.54, 1.807) is 6.07 Å². The van der Waals surface area contributed by atoms with Crippen molar-refractivity contribution in [2.24, 2.45) is 0 Å². The van der Waals surface area contributed by atoms with Gasteiger partial charge in [0.05, 0.1) is 6.61 Å². The molecule has 5 nitrogen and oxygen atoms in total. The van der Waals surface area contributed by atoms with Crippen molar-refractivity contribution in [3.63, 3.8) is 0 Å². The molecule has 0 radical (unpaired) electrons. The van der Waals surface area contributed by atoms with Crippen molar-refractivity contribution >= 4 is 5.97 Å². The first-order valence-corrected chi connectivity index (χ1v) is 4.37. The third kappa shape index (κ3) is 5.71. The second-order valence-corrected chi connectivity index (χ2v) is 2.71. The van der Waals surface area contributed by atoms with Crippen molar-refractivity contribution in [2.45, 2.75) is 19.8 Å². The molecule has 76 valence electrons. The number of aliphatic carboxylic acids is 1.